The van der Waals surface area contributed by atoms with Crippen molar-refractivity contribution in [3.63, 3.8) is 0 Å². The molecule has 108 valence electrons. The molecule has 3 aromatic rings. The van der Waals surface area contributed by atoms with Gasteiger partial charge >= 0.3 is 29.6 Å². The third kappa shape index (κ3) is 2.87. The molecule has 0 radical (unpaired) electrons. The Bertz CT molecular complexity index is 939. The van der Waals surface area contributed by atoms with E-state index in [-0.39, 0.29) is 39.7 Å². The summed E-state index contributed by atoms with van der Waals surface area (Å²) in [5.74, 6) is -0.609. The average molecular weight is 347 g/mol. The average Bonchev–Trinajstić information content (AvgIpc) is 2.77. The van der Waals surface area contributed by atoms with Crippen LogP contribution in [0.2, 0.25) is 5.02 Å². The van der Waals surface area contributed by atoms with Crippen molar-refractivity contribution in [2.45, 2.75) is 17.0 Å². The Morgan fingerprint density at radius 2 is 1.91 bits per heavy atom. The molecule has 0 atom stereocenters. The Kier molecular flexibility index (Phi) is 4.84. The first-order chi connectivity index (χ1) is 9.89. The van der Waals surface area contributed by atoms with Crippen molar-refractivity contribution >= 4 is 32.4 Å². The van der Waals surface area contributed by atoms with Gasteiger partial charge in [-0.25, -0.2) is 8.42 Å². The van der Waals surface area contributed by atoms with Crippen molar-refractivity contribution in [2.24, 2.45) is 0 Å². The molecule has 0 amide bonds. The second kappa shape index (κ2) is 6.17. The van der Waals surface area contributed by atoms with E-state index >= 15 is 0 Å². The minimum Gasteiger partial charge on any atom is -0.857 e. The van der Waals surface area contributed by atoms with Gasteiger partial charge in [-0.05, 0) is 37.3 Å². The number of fused-ring (bicyclic) bond motifs is 1. The van der Waals surface area contributed by atoms with E-state index in [1.165, 1.54) is 0 Å². The summed E-state index contributed by atoms with van der Waals surface area (Å²) in [5.41, 5.74) is 0.837. The second-order valence-corrected chi connectivity index (χ2v) is 6.60. The number of rotatable bonds is 2. The summed E-state index contributed by atoms with van der Waals surface area (Å²) in [5, 5.41) is 18.1. The molecule has 0 unspecified atom stereocenters. The van der Waals surface area contributed by atoms with Gasteiger partial charge in [-0.1, -0.05) is 11.6 Å². The van der Waals surface area contributed by atoms with E-state index in [0.29, 0.717) is 21.6 Å². The first kappa shape index (κ1) is 17.2. The monoisotopic (exact) mass is 346 g/mol. The number of aromatic nitrogens is 2. The number of nitrogens with zero attached hydrogens (tertiary/aromatic N) is 2. The molecular formula is C13H8ClN2NaO4S. The fraction of sp³-hybridized carbons (Fsp3) is 0.0769. The number of halogens is 1. The summed E-state index contributed by atoms with van der Waals surface area (Å²) in [4.78, 5) is 0. The Labute approximate surface area is 153 Å². The SMILES string of the molecule is Cc1c(S(=O)(=O)c2ccc([O-])nn2)oc2ccc(Cl)cc12.[Na+]. The van der Waals surface area contributed by atoms with Gasteiger partial charge in [-0.15, -0.1) is 5.10 Å². The predicted octanol–water partition coefficient (Wildman–Crippen LogP) is -0.905. The van der Waals surface area contributed by atoms with Gasteiger partial charge in [0.25, 0.3) is 9.84 Å². The molecule has 0 N–H and O–H groups in total. The summed E-state index contributed by atoms with van der Waals surface area (Å²) in [6, 6.07) is 6.96. The van der Waals surface area contributed by atoms with Crippen molar-refractivity contribution in [3.8, 4) is 5.88 Å². The molecule has 3 rings (SSSR count). The number of hydrogen-bond acceptors (Lipinski definition) is 6. The molecule has 0 fully saturated rings. The summed E-state index contributed by atoms with van der Waals surface area (Å²) in [6.07, 6.45) is 0. The van der Waals surface area contributed by atoms with Crippen molar-refractivity contribution in [1.29, 1.82) is 0 Å². The maximum Gasteiger partial charge on any atom is 1.00 e. The maximum atomic E-state index is 12.5. The minimum absolute atomic E-state index is 0. The zero-order valence-corrected chi connectivity index (χ0v) is 15.3. The van der Waals surface area contributed by atoms with E-state index in [1.807, 2.05) is 0 Å². The topological polar surface area (TPSA) is 96.1 Å². The largest absolute Gasteiger partial charge is 1.00 e. The van der Waals surface area contributed by atoms with Gasteiger partial charge in [0.1, 0.15) is 5.58 Å². The number of benzene rings is 1. The van der Waals surface area contributed by atoms with Gasteiger partial charge in [0.15, 0.2) is 5.03 Å². The van der Waals surface area contributed by atoms with Crippen LogP contribution in [-0.4, -0.2) is 18.6 Å². The van der Waals surface area contributed by atoms with Crippen LogP contribution in [0.4, 0.5) is 0 Å². The summed E-state index contributed by atoms with van der Waals surface area (Å²) in [6.45, 7) is 1.62. The quantitative estimate of drug-likeness (QED) is 0.558. The molecule has 9 heteroatoms. The van der Waals surface area contributed by atoms with Crippen LogP contribution in [0.25, 0.3) is 11.0 Å². The normalized spacial score (nSPS) is 11.4. The van der Waals surface area contributed by atoms with Crippen LogP contribution in [0.1, 0.15) is 5.56 Å². The molecule has 0 aliphatic rings. The zero-order valence-electron chi connectivity index (χ0n) is 11.7. The van der Waals surface area contributed by atoms with E-state index in [0.717, 1.165) is 12.1 Å². The summed E-state index contributed by atoms with van der Waals surface area (Å²) < 4.78 is 30.4. The standard InChI is InChI=1S/C13H9ClN2O4S.Na/c1-7-9-6-8(14)2-3-10(9)20-13(7)21(18,19)12-5-4-11(17)15-16-12;/h2-6H,1H3,(H,15,17);/q;+1/p-1. The summed E-state index contributed by atoms with van der Waals surface area (Å²) in [7, 11) is -3.98. The third-order valence-electron chi connectivity index (χ3n) is 2.99. The van der Waals surface area contributed by atoms with Gasteiger partial charge in [-0.2, -0.15) is 5.10 Å². The van der Waals surface area contributed by atoms with Crippen molar-refractivity contribution in [3.05, 3.63) is 40.9 Å². The third-order valence-corrected chi connectivity index (χ3v) is 4.87. The smallest absolute Gasteiger partial charge is 0.857 e. The Hall–Kier alpha value is -1.12. The number of aryl methyl sites for hydroxylation is 1. The van der Waals surface area contributed by atoms with E-state index in [4.69, 9.17) is 16.0 Å². The molecule has 0 bridgehead atoms. The van der Waals surface area contributed by atoms with E-state index in [9.17, 15) is 13.5 Å². The molecule has 1 aromatic carbocycles. The number of hydrogen-bond donors (Lipinski definition) is 0. The first-order valence-corrected chi connectivity index (χ1v) is 7.70. The molecule has 0 saturated heterocycles. The van der Waals surface area contributed by atoms with Crippen molar-refractivity contribution in [2.75, 3.05) is 0 Å². The van der Waals surface area contributed by atoms with Gasteiger partial charge in [-0.3, -0.25) is 0 Å². The van der Waals surface area contributed by atoms with E-state index in [2.05, 4.69) is 10.2 Å². The van der Waals surface area contributed by atoms with Gasteiger partial charge in [0.05, 0.1) is 0 Å². The molecule has 2 aromatic heterocycles. The molecule has 0 spiro atoms. The molecule has 22 heavy (non-hydrogen) atoms. The molecule has 0 aliphatic heterocycles. The van der Waals surface area contributed by atoms with Crippen LogP contribution in [0, 0.1) is 6.92 Å². The van der Waals surface area contributed by atoms with Crippen molar-refractivity contribution in [1.82, 2.24) is 10.2 Å². The first-order valence-electron chi connectivity index (χ1n) is 5.84. The van der Waals surface area contributed by atoms with Crippen LogP contribution in [0.3, 0.4) is 0 Å². The van der Waals surface area contributed by atoms with Gasteiger partial charge in [0.2, 0.25) is 5.09 Å². The van der Waals surface area contributed by atoms with Gasteiger partial charge in [0, 0.05) is 21.9 Å². The zero-order chi connectivity index (χ0) is 15.2. The predicted molar refractivity (Wildman–Crippen MR) is 72.9 cm³/mol. The van der Waals surface area contributed by atoms with E-state index in [1.54, 1.807) is 25.1 Å². The molecule has 2 heterocycles. The maximum absolute atomic E-state index is 12.5. The van der Waals surface area contributed by atoms with Crippen LogP contribution in [-0.2, 0) is 9.84 Å². The molecule has 6 nitrogen and oxygen atoms in total. The Morgan fingerprint density at radius 1 is 1.18 bits per heavy atom. The van der Waals surface area contributed by atoms with Crippen LogP contribution >= 0.6 is 11.6 Å². The van der Waals surface area contributed by atoms with Gasteiger partial charge < -0.3 is 9.52 Å². The minimum atomic E-state index is -3.98. The fourth-order valence-corrected chi connectivity index (χ4v) is 3.44. The molecule has 0 saturated carbocycles. The summed E-state index contributed by atoms with van der Waals surface area (Å²) >= 11 is 5.90. The van der Waals surface area contributed by atoms with Crippen LogP contribution < -0.4 is 34.7 Å². The Morgan fingerprint density at radius 3 is 2.55 bits per heavy atom. The van der Waals surface area contributed by atoms with Crippen LogP contribution in [0.5, 0.6) is 5.88 Å². The van der Waals surface area contributed by atoms with Crippen LogP contribution in [0.15, 0.2) is 44.9 Å². The second-order valence-electron chi connectivity index (χ2n) is 4.37. The fourth-order valence-electron chi connectivity index (χ4n) is 1.97. The molecule has 0 aliphatic carbocycles. The number of furan rings is 1. The Balaban J connectivity index is 0.00000176. The number of sulfone groups is 1. The van der Waals surface area contributed by atoms with Crippen molar-refractivity contribution < 1.29 is 47.5 Å². The van der Waals surface area contributed by atoms with E-state index < -0.39 is 15.7 Å². The molecular weight excluding hydrogens is 339 g/mol.